The molecule has 0 saturated heterocycles. The van der Waals surface area contributed by atoms with Crippen LogP contribution in [0.3, 0.4) is 0 Å². The fraction of sp³-hybridized carbons (Fsp3) is 0.500. The van der Waals surface area contributed by atoms with Gasteiger partial charge < -0.3 is 15.6 Å². The molecule has 17 heavy (non-hydrogen) atoms. The number of aliphatic hydroxyl groups is 1. The fourth-order valence-electron chi connectivity index (χ4n) is 2.04. The third-order valence-corrected chi connectivity index (χ3v) is 2.94. The number of nitrogens with two attached hydrogens (primary N) is 1. The molecule has 0 aromatic carbocycles. The number of rotatable bonds is 5. The number of Topliss-reactive ketones (excluding diaryl/α,β-unsaturated/α-hetero) is 1. The average molecular weight is 239 g/mol. The molecule has 0 bridgehead atoms. The highest BCUT2D eigenvalue weighted by molar-refractivity contribution is 6.19. The SMILES string of the molecule is C=COCCC1(C)CC(=O)C(C(N)=O)=C(O)C1. The minimum absolute atomic E-state index is 0.190. The molecule has 1 aliphatic rings. The van der Waals surface area contributed by atoms with Gasteiger partial charge in [-0.1, -0.05) is 13.5 Å². The summed E-state index contributed by atoms with van der Waals surface area (Å²) in [5.41, 5.74) is 4.39. The van der Waals surface area contributed by atoms with Crippen LogP contribution in [-0.2, 0) is 14.3 Å². The molecule has 0 heterocycles. The maximum absolute atomic E-state index is 11.7. The Bertz CT molecular complexity index is 386. The zero-order valence-corrected chi connectivity index (χ0v) is 9.86. The molecule has 94 valence electrons. The van der Waals surface area contributed by atoms with Gasteiger partial charge in [0, 0.05) is 12.8 Å². The van der Waals surface area contributed by atoms with Crippen LogP contribution in [0.15, 0.2) is 24.2 Å². The summed E-state index contributed by atoms with van der Waals surface area (Å²) in [5, 5.41) is 9.70. The average Bonchev–Trinajstić information content (AvgIpc) is 2.15. The van der Waals surface area contributed by atoms with Crippen molar-refractivity contribution in [3.05, 3.63) is 24.2 Å². The minimum Gasteiger partial charge on any atom is -0.511 e. The molecule has 5 nitrogen and oxygen atoms in total. The predicted octanol–water partition coefficient (Wildman–Crippen LogP) is 1.20. The van der Waals surface area contributed by atoms with E-state index in [-0.39, 0.29) is 24.2 Å². The number of carbonyl (C=O) groups is 2. The Morgan fingerprint density at radius 3 is 2.76 bits per heavy atom. The zero-order valence-electron chi connectivity index (χ0n) is 9.86. The summed E-state index contributed by atoms with van der Waals surface area (Å²) in [7, 11) is 0. The summed E-state index contributed by atoms with van der Waals surface area (Å²) in [5.74, 6) is -1.48. The standard InChI is InChI=1S/C12H17NO4/c1-3-17-5-4-12(2)6-8(14)10(11(13)16)9(15)7-12/h3,14H,1,4-7H2,2H3,(H2,13,16). The summed E-state index contributed by atoms with van der Waals surface area (Å²) < 4.78 is 5.01. The summed E-state index contributed by atoms with van der Waals surface area (Å²) >= 11 is 0. The number of primary amides is 1. The zero-order chi connectivity index (χ0) is 13.1. The van der Waals surface area contributed by atoms with Crippen molar-refractivity contribution in [3.63, 3.8) is 0 Å². The molecule has 1 unspecified atom stereocenters. The molecule has 0 aromatic rings. The molecule has 1 atom stereocenters. The van der Waals surface area contributed by atoms with Crippen LogP contribution in [-0.4, -0.2) is 23.4 Å². The van der Waals surface area contributed by atoms with Crippen LogP contribution >= 0.6 is 0 Å². The van der Waals surface area contributed by atoms with Gasteiger partial charge in [-0.05, 0) is 11.8 Å². The molecule has 0 fully saturated rings. The highest BCUT2D eigenvalue weighted by atomic mass is 16.5. The lowest BCUT2D eigenvalue weighted by atomic mass is 9.73. The van der Waals surface area contributed by atoms with E-state index in [1.54, 1.807) is 0 Å². The van der Waals surface area contributed by atoms with E-state index in [4.69, 9.17) is 10.5 Å². The van der Waals surface area contributed by atoms with Crippen molar-refractivity contribution in [1.82, 2.24) is 0 Å². The van der Waals surface area contributed by atoms with Crippen molar-refractivity contribution < 1.29 is 19.4 Å². The van der Waals surface area contributed by atoms with Crippen molar-refractivity contribution in [2.75, 3.05) is 6.61 Å². The second kappa shape index (κ2) is 5.03. The Hall–Kier alpha value is -1.78. The van der Waals surface area contributed by atoms with Gasteiger partial charge in [0.25, 0.3) is 5.91 Å². The van der Waals surface area contributed by atoms with Crippen LogP contribution in [0.4, 0.5) is 0 Å². The number of amides is 1. The summed E-state index contributed by atoms with van der Waals surface area (Å²) in [6.45, 7) is 5.71. The summed E-state index contributed by atoms with van der Waals surface area (Å²) in [6, 6.07) is 0. The highest BCUT2D eigenvalue weighted by Gasteiger charge is 2.38. The van der Waals surface area contributed by atoms with E-state index in [1.807, 2.05) is 6.92 Å². The lowest BCUT2D eigenvalue weighted by molar-refractivity contribution is -0.123. The van der Waals surface area contributed by atoms with Crippen molar-refractivity contribution in [2.45, 2.75) is 26.2 Å². The molecule has 0 saturated carbocycles. The Balaban J connectivity index is 2.81. The van der Waals surface area contributed by atoms with Gasteiger partial charge in [-0.2, -0.15) is 0 Å². The predicted molar refractivity (Wildman–Crippen MR) is 62.0 cm³/mol. The van der Waals surface area contributed by atoms with Gasteiger partial charge in [0.1, 0.15) is 11.3 Å². The summed E-state index contributed by atoms with van der Waals surface area (Å²) in [4.78, 5) is 22.7. The van der Waals surface area contributed by atoms with Crippen LogP contribution in [0.1, 0.15) is 26.2 Å². The second-order valence-corrected chi connectivity index (χ2v) is 4.56. The van der Waals surface area contributed by atoms with E-state index in [1.165, 1.54) is 6.26 Å². The Morgan fingerprint density at radius 2 is 2.29 bits per heavy atom. The van der Waals surface area contributed by atoms with Gasteiger partial charge in [-0.25, -0.2) is 0 Å². The largest absolute Gasteiger partial charge is 0.511 e. The second-order valence-electron chi connectivity index (χ2n) is 4.56. The Morgan fingerprint density at radius 1 is 1.65 bits per heavy atom. The van der Waals surface area contributed by atoms with Gasteiger partial charge in [0.05, 0.1) is 12.9 Å². The molecule has 0 aromatic heterocycles. The smallest absolute Gasteiger partial charge is 0.255 e. The lowest BCUT2D eigenvalue weighted by Crippen LogP contribution is -2.34. The third kappa shape index (κ3) is 3.09. The minimum atomic E-state index is -0.864. The van der Waals surface area contributed by atoms with Gasteiger partial charge in [0.2, 0.25) is 0 Å². The van der Waals surface area contributed by atoms with Gasteiger partial charge in [-0.15, -0.1) is 0 Å². The Kier molecular flexibility index (Phi) is 3.93. The molecular formula is C12H17NO4. The highest BCUT2D eigenvalue weighted by Crippen LogP contribution is 2.39. The van der Waals surface area contributed by atoms with Gasteiger partial charge >= 0.3 is 0 Å². The van der Waals surface area contributed by atoms with Crippen LogP contribution < -0.4 is 5.73 Å². The van der Waals surface area contributed by atoms with E-state index in [2.05, 4.69) is 6.58 Å². The number of ether oxygens (including phenoxy) is 1. The number of hydrogen-bond donors (Lipinski definition) is 2. The number of carbonyl (C=O) groups excluding carboxylic acids is 2. The summed E-state index contributed by atoms with van der Waals surface area (Å²) in [6.07, 6.45) is 2.38. The first-order valence-corrected chi connectivity index (χ1v) is 5.37. The third-order valence-electron chi connectivity index (χ3n) is 2.94. The quantitative estimate of drug-likeness (QED) is 0.428. The molecule has 3 N–H and O–H groups in total. The molecule has 1 amide bonds. The van der Waals surface area contributed by atoms with E-state index in [0.29, 0.717) is 13.0 Å². The molecular weight excluding hydrogens is 222 g/mol. The van der Waals surface area contributed by atoms with Gasteiger partial charge in [-0.3, -0.25) is 9.59 Å². The molecule has 0 radical (unpaired) electrons. The number of allylic oxidation sites excluding steroid dienone is 1. The van der Waals surface area contributed by atoms with Crippen LogP contribution in [0.5, 0.6) is 0 Å². The van der Waals surface area contributed by atoms with Gasteiger partial charge in [0.15, 0.2) is 5.78 Å². The van der Waals surface area contributed by atoms with E-state index >= 15 is 0 Å². The number of aliphatic hydroxyl groups excluding tert-OH is 1. The van der Waals surface area contributed by atoms with Crippen LogP contribution in [0.2, 0.25) is 0 Å². The topological polar surface area (TPSA) is 89.6 Å². The maximum atomic E-state index is 11.7. The first-order chi connectivity index (χ1) is 7.89. The van der Waals surface area contributed by atoms with E-state index in [9.17, 15) is 14.7 Å². The lowest BCUT2D eigenvalue weighted by Gasteiger charge is -2.32. The molecule has 5 heteroatoms. The first-order valence-electron chi connectivity index (χ1n) is 5.37. The molecule has 0 spiro atoms. The van der Waals surface area contributed by atoms with E-state index < -0.39 is 17.1 Å². The molecule has 1 rings (SSSR count). The van der Waals surface area contributed by atoms with Crippen molar-refractivity contribution in [3.8, 4) is 0 Å². The fourth-order valence-corrected chi connectivity index (χ4v) is 2.04. The molecule has 1 aliphatic carbocycles. The van der Waals surface area contributed by atoms with Crippen molar-refractivity contribution in [1.29, 1.82) is 0 Å². The van der Waals surface area contributed by atoms with Crippen molar-refractivity contribution >= 4 is 11.7 Å². The maximum Gasteiger partial charge on any atom is 0.255 e. The van der Waals surface area contributed by atoms with Crippen LogP contribution in [0.25, 0.3) is 0 Å². The Labute approximate surface area is 99.9 Å². The first kappa shape index (κ1) is 13.3. The molecule has 0 aliphatic heterocycles. The van der Waals surface area contributed by atoms with E-state index in [0.717, 1.165) is 0 Å². The number of hydrogen-bond acceptors (Lipinski definition) is 4. The normalized spacial score (nSPS) is 24.6. The van der Waals surface area contributed by atoms with Crippen LogP contribution in [0, 0.1) is 5.41 Å². The number of ketones is 1. The van der Waals surface area contributed by atoms with Crippen molar-refractivity contribution in [2.24, 2.45) is 11.1 Å². The monoisotopic (exact) mass is 239 g/mol.